The van der Waals surface area contributed by atoms with Gasteiger partial charge in [-0.05, 0) is 51.9 Å². The van der Waals surface area contributed by atoms with Crippen molar-refractivity contribution < 1.29 is 24.2 Å². The van der Waals surface area contributed by atoms with E-state index in [0.29, 0.717) is 6.42 Å². The number of fused-ring (bicyclic) bond motifs is 1. The summed E-state index contributed by atoms with van der Waals surface area (Å²) in [5, 5.41) is 13.6. The van der Waals surface area contributed by atoms with Crippen molar-refractivity contribution in [2.75, 3.05) is 13.2 Å². The molecule has 4 rings (SSSR count). The van der Waals surface area contributed by atoms with E-state index in [0.717, 1.165) is 38.5 Å². The van der Waals surface area contributed by atoms with Gasteiger partial charge in [-0.2, -0.15) is 0 Å². The van der Waals surface area contributed by atoms with Crippen molar-refractivity contribution in [2.24, 2.45) is 17.8 Å². The van der Waals surface area contributed by atoms with Gasteiger partial charge in [0.15, 0.2) is 0 Å². The number of thioether (sulfide) groups is 1. The van der Waals surface area contributed by atoms with Crippen molar-refractivity contribution in [1.29, 1.82) is 0 Å². The Hall–Kier alpha value is -1.28. The first kappa shape index (κ1) is 24.8. The fourth-order valence-electron chi connectivity index (χ4n) is 6.99. The highest BCUT2D eigenvalue weighted by atomic mass is 32.2. The first-order valence-electron chi connectivity index (χ1n) is 12.8. The number of hydrogen-bond acceptors (Lipinski definition) is 6. The smallest absolute Gasteiger partial charge is 0.311 e. The minimum Gasteiger partial charge on any atom is -0.466 e. The summed E-state index contributed by atoms with van der Waals surface area (Å²) in [6, 6.07) is -0.967. The SMILES string of the molecule is CCOC(=O)[C@@H]1[C@H]2C(=O)N([C@@H](CO)CC(C)C)C(C(=O)NC3CCCCC3)C23CC[C@@]1(C)S3. The summed E-state index contributed by atoms with van der Waals surface area (Å²) < 4.78 is 4.37. The molecule has 6 atom stereocenters. The van der Waals surface area contributed by atoms with Crippen LogP contribution in [0.15, 0.2) is 0 Å². The summed E-state index contributed by atoms with van der Waals surface area (Å²) in [4.78, 5) is 42.7. The number of carbonyl (C=O) groups is 3. The van der Waals surface area contributed by atoms with Crippen LogP contribution in [-0.4, -0.2) is 68.6 Å². The third-order valence-corrected chi connectivity index (χ3v) is 10.3. The van der Waals surface area contributed by atoms with Gasteiger partial charge in [0, 0.05) is 10.8 Å². The lowest BCUT2D eigenvalue weighted by Gasteiger charge is -2.38. The molecule has 1 spiro atoms. The zero-order valence-electron chi connectivity index (χ0n) is 20.5. The van der Waals surface area contributed by atoms with Gasteiger partial charge in [-0.15, -0.1) is 11.8 Å². The number of ether oxygens (including phenoxy) is 1. The van der Waals surface area contributed by atoms with Crippen molar-refractivity contribution in [1.82, 2.24) is 10.2 Å². The predicted octanol–water partition coefficient (Wildman–Crippen LogP) is 2.89. The van der Waals surface area contributed by atoms with Gasteiger partial charge in [-0.1, -0.05) is 33.1 Å². The van der Waals surface area contributed by atoms with Crippen LogP contribution in [0.4, 0.5) is 0 Å². The first-order valence-corrected chi connectivity index (χ1v) is 13.6. The number of esters is 1. The van der Waals surface area contributed by atoms with E-state index < -0.39 is 33.4 Å². The highest BCUT2D eigenvalue weighted by molar-refractivity contribution is 8.02. The molecular formula is C25H40N2O5S. The maximum absolute atomic E-state index is 14.0. The maximum Gasteiger partial charge on any atom is 0.311 e. The van der Waals surface area contributed by atoms with Crippen molar-refractivity contribution in [3.63, 3.8) is 0 Å². The van der Waals surface area contributed by atoms with Crippen LogP contribution < -0.4 is 5.32 Å². The molecule has 3 heterocycles. The molecule has 0 aromatic heterocycles. The molecule has 0 aromatic carbocycles. The minimum atomic E-state index is -0.668. The number of aliphatic hydroxyl groups excluding tert-OH is 1. The van der Waals surface area contributed by atoms with Gasteiger partial charge >= 0.3 is 5.97 Å². The van der Waals surface area contributed by atoms with E-state index in [1.54, 1.807) is 23.6 Å². The van der Waals surface area contributed by atoms with E-state index in [2.05, 4.69) is 26.1 Å². The predicted molar refractivity (Wildman–Crippen MR) is 128 cm³/mol. The Morgan fingerprint density at radius 3 is 2.55 bits per heavy atom. The molecule has 4 fully saturated rings. The van der Waals surface area contributed by atoms with Gasteiger partial charge in [0.05, 0.1) is 35.8 Å². The fourth-order valence-corrected chi connectivity index (χ4v) is 9.33. The number of nitrogens with zero attached hydrogens (tertiary/aromatic N) is 1. The molecule has 2 amide bonds. The number of aliphatic hydroxyl groups is 1. The van der Waals surface area contributed by atoms with E-state index in [1.807, 2.05) is 0 Å². The lowest BCUT2D eigenvalue weighted by atomic mass is 9.66. The molecule has 33 heavy (non-hydrogen) atoms. The van der Waals surface area contributed by atoms with Gasteiger partial charge in [-0.3, -0.25) is 14.4 Å². The number of hydrogen-bond donors (Lipinski definition) is 2. The van der Waals surface area contributed by atoms with Crippen molar-refractivity contribution in [3.8, 4) is 0 Å². The third kappa shape index (κ3) is 4.09. The Bertz CT molecular complexity index is 785. The first-order chi connectivity index (χ1) is 15.7. The number of nitrogens with one attached hydrogen (secondary N) is 1. The number of amides is 2. The van der Waals surface area contributed by atoms with Gasteiger partial charge in [0.2, 0.25) is 11.8 Å². The highest BCUT2D eigenvalue weighted by Gasteiger charge is 2.78. The van der Waals surface area contributed by atoms with Crippen molar-refractivity contribution in [2.45, 2.75) is 107 Å². The topological polar surface area (TPSA) is 95.9 Å². The summed E-state index contributed by atoms with van der Waals surface area (Å²) >= 11 is 1.66. The summed E-state index contributed by atoms with van der Waals surface area (Å²) in [6.45, 7) is 8.03. The summed E-state index contributed by atoms with van der Waals surface area (Å²) in [5.74, 6) is -1.48. The van der Waals surface area contributed by atoms with Crippen molar-refractivity contribution >= 4 is 29.5 Å². The Morgan fingerprint density at radius 2 is 1.94 bits per heavy atom. The summed E-state index contributed by atoms with van der Waals surface area (Å²) in [6.07, 6.45) is 7.46. The van der Waals surface area contributed by atoms with Crippen LogP contribution in [0.5, 0.6) is 0 Å². The normalized spacial score (nSPS) is 36.8. The average molecular weight is 481 g/mol. The van der Waals surface area contributed by atoms with Gasteiger partial charge in [0.25, 0.3) is 0 Å². The Balaban J connectivity index is 1.73. The lowest BCUT2D eigenvalue weighted by molar-refractivity contribution is -0.155. The standard InChI is InChI=1S/C25H40N2O5S/c1-5-32-23(31)19-18-22(30)27(17(14-28)13-15(2)3)20(25(18)12-11-24(19,4)33-25)21(29)26-16-9-7-6-8-10-16/h15-20,28H,5-14H2,1-4H3,(H,26,29)/t17-,18+,19+,20?,24-,25?/m1/s1. The Morgan fingerprint density at radius 1 is 1.24 bits per heavy atom. The second-order valence-electron chi connectivity index (χ2n) is 11.0. The molecular weight excluding hydrogens is 440 g/mol. The van der Waals surface area contributed by atoms with Crippen LogP contribution in [-0.2, 0) is 19.1 Å². The van der Waals surface area contributed by atoms with Crippen LogP contribution in [0.3, 0.4) is 0 Å². The van der Waals surface area contributed by atoms with E-state index in [9.17, 15) is 19.5 Å². The molecule has 3 saturated heterocycles. The quantitative estimate of drug-likeness (QED) is 0.519. The van der Waals surface area contributed by atoms with Gasteiger partial charge in [-0.25, -0.2) is 0 Å². The maximum atomic E-state index is 14.0. The van der Waals surface area contributed by atoms with Crippen LogP contribution in [0.2, 0.25) is 0 Å². The van der Waals surface area contributed by atoms with Crippen LogP contribution >= 0.6 is 11.8 Å². The highest BCUT2D eigenvalue weighted by Crippen LogP contribution is 2.71. The van der Waals surface area contributed by atoms with Crippen LogP contribution in [0, 0.1) is 17.8 Å². The summed E-state index contributed by atoms with van der Waals surface area (Å²) in [7, 11) is 0. The molecule has 0 radical (unpaired) electrons. The summed E-state index contributed by atoms with van der Waals surface area (Å²) in [5.41, 5.74) is 0. The molecule has 8 heteroatoms. The Labute approximate surface area is 201 Å². The second-order valence-corrected chi connectivity index (χ2v) is 12.9. The minimum absolute atomic E-state index is 0.110. The third-order valence-electron chi connectivity index (χ3n) is 8.30. The van der Waals surface area contributed by atoms with E-state index >= 15 is 0 Å². The lowest BCUT2D eigenvalue weighted by Crippen LogP contribution is -2.58. The fraction of sp³-hybridized carbons (Fsp3) is 0.880. The molecule has 1 aliphatic carbocycles. The molecule has 3 aliphatic heterocycles. The second kappa shape index (κ2) is 9.40. The number of likely N-dealkylation sites (tertiary alicyclic amines) is 1. The molecule has 2 N–H and O–H groups in total. The van der Waals surface area contributed by atoms with E-state index in [-0.39, 0.29) is 43.0 Å². The molecule has 186 valence electrons. The molecule has 7 nitrogen and oxygen atoms in total. The van der Waals surface area contributed by atoms with Gasteiger partial charge < -0.3 is 20.1 Å². The average Bonchev–Trinajstić information content (AvgIpc) is 3.33. The molecule has 4 aliphatic rings. The molecule has 1 saturated carbocycles. The largest absolute Gasteiger partial charge is 0.466 e. The molecule has 2 unspecified atom stereocenters. The zero-order chi connectivity index (χ0) is 24.0. The number of rotatable bonds is 8. The zero-order valence-corrected chi connectivity index (χ0v) is 21.3. The van der Waals surface area contributed by atoms with Crippen molar-refractivity contribution in [3.05, 3.63) is 0 Å². The van der Waals surface area contributed by atoms with Crippen LogP contribution in [0.1, 0.15) is 79.1 Å². The number of carbonyl (C=O) groups excluding carboxylic acids is 3. The monoisotopic (exact) mass is 480 g/mol. The van der Waals surface area contributed by atoms with E-state index in [4.69, 9.17) is 4.74 Å². The Kier molecular flexibility index (Phi) is 7.08. The van der Waals surface area contributed by atoms with E-state index in [1.165, 1.54) is 6.42 Å². The molecule has 2 bridgehead atoms. The molecule has 0 aromatic rings. The van der Waals surface area contributed by atoms with Gasteiger partial charge in [0.1, 0.15) is 6.04 Å². The van der Waals surface area contributed by atoms with Crippen LogP contribution in [0.25, 0.3) is 0 Å².